The number of hydrogen-bond donors (Lipinski definition) is 0. The quantitative estimate of drug-likeness (QED) is 0.0263. The molecule has 0 N–H and O–H groups in total. The van der Waals surface area contributed by atoms with Crippen LogP contribution in [0.25, 0.3) is 0 Å². The van der Waals surface area contributed by atoms with Gasteiger partial charge in [0.15, 0.2) is 6.10 Å². The van der Waals surface area contributed by atoms with Crippen LogP contribution in [0.1, 0.15) is 271 Å². The zero-order valence-electron chi connectivity index (χ0n) is 40.0. The molecule has 0 aromatic rings. The molecule has 0 aliphatic rings. The fourth-order valence-corrected chi connectivity index (χ4v) is 7.35. The fraction of sp³-hybridized carbons (Fsp3) is 0.833. The third-order valence-electron chi connectivity index (χ3n) is 11.3. The number of ether oxygens (including phenoxy) is 3. The summed E-state index contributed by atoms with van der Waals surface area (Å²) < 4.78 is 16.8. The van der Waals surface area contributed by atoms with E-state index in [-0.39, 0.29) is 31.1 Å². The Morgan fingerprint density at radius 3 is 0.900 bits per heavy atom. The number of allylic oxidation sites excluding steroid dienone is 6. The molecule has 1 unspecified atom stereocenters. The normalized spacial score (nSPS) is 12.2. The minimum Gasteiger partial charge on any atom is -0.462 e. The van der Waals surface area contributed by atoms with Crippen molar-refractivity contribution in [1.82, 2.24) is 0 Å². The van der Waals surface area contributed by atoms with Crippen LogP contribution in [0.2, 0.25) is 0 Å². The summed E-state index contributed by atoms with van der Waals surface area (Å²) in [4.78, 5) is 37.9. The van der Waals surface area contributed by atoms with Gasteiger partial charge in [-0.25, -0.2) is 0 Å². The van der Waals surface area contributed by atoms with Gasteiger partial charge in [-0.1, -0.05) is 198 Å². The maximum absolute atomic E-state index is 12.8. The van der Waals surface area contributed by atoms with Crippen LogP contribution in [0, 0.1) is 0 Å². The van der Waals surface area contributed by atoms with E-state index in [2.05, 4.69) is 57.2 Å². The first kappa shape index (κ1) is 57.6. The third-order valence-corrected chi connectivity index (χ3v) is 11.3. The molecule has 6 nitrogen and oxygen atoms in total. The zero-order valence-corrected chi connectivity index (χ0v) is 40.0. The molecular formula is C54H98O6. The summed E-state index contributed by atoms with van der Waals surface area (Å²) in [5.74, 6) is -0.910. The van der Waals surface area contributed by atoms with Crippen molar-refractivity contribution >= 4 is 17.9 Å². The standard InChI is InChI=1S/C54H98O6/c1-4-7-10-13-16-19-22-24-25-26-27-28-30-32-35-38-41-44-47-53(56)59-50-51(49-58-52(55)46-43-40-37-34-31-21-18-15-12-9-6-3)60-54(57)48-45-42-39-36-33-29-23-20-17-14-11-8-5-2/h15,18,27-29,33,51H,4-14,16-17,19-26,30-32,34-50H2,1-3H3/b18-15-,28-27-,33-29-. The third kappa shape index (κ3) is 46.7. The van der Waals surface area contributed by atoms with Crippen molar-refractivity contribution in [2.45, 2.75) is 277 Å². The van der Waals surface area contributed by atoms with Gasteiger partial charge < -0.3 is 14.2 Å². The van der Waals surface area contributed by atoms with Crippen molar-refractivity contribution in [2.75, 3.05) is 13.2 Å². The lowest BCUT2D eigenvalue weighted by Gasteiger charge is -2.18. The van der Waals surface area contributed by atoms with E-state index in [4.69, 9.17) is 14.2 Å². The second-order valence-corrected chi connectivity index (χ2v) is 17.4. The summed E-state index contributed by atoms with van der Waals surface area (Å²) in [5.41, 5.74) is 0. The highest BCUT2D eigenvalue weighted by Gasteiger charge is 2.19. The van der Waals surface area contributed by atoms with Crippen LogP contribution in [0.5, 0.6) is 0 Å². The molecule has 0 rings (SSSR count). The van der Waals surface area contributed by atoms with Gasteiger partial charge in [-0.05, 0) is 89.9 Å². The number of unbranched alkanes of at least 4 members (excludes halogenated alkanes) is 30. The van der Waals surface area contributed by atoms with E-state index in [0.717, 1.165) is 83.5 Å². The molecule has 0 saturated heterocycles. The Bertz CT molecular complexity index is 1020. The molecule has 6 heteroatoms. The summed E-state index contributed by atoms with van der Waals surface area (Å²) in [5, 5.41) is 0. The topological polar surface area (TPSA) is 78.9 Å². The van der Waals surface area contributed by atoms with Gasteiger partial charge in [-0.15, -0.1) is 0 Å². The molecule has 0 heterocycles. The molecule has 0 saturated carbocycles. The molecule has 0 radical (unpaired) electrons. The van der Waals surface area contributed by atoms with Gasteiger partial charge in [0.1, 0.15) is 13.2 Å². The Labute approximate surface area is 372 Å². The highest BCUT2D eigenvalue weighted by atomic mass is 16.6. The molecule has 1 atom stereocenters. The molecule has 0 aromatic carbocycles. The van der Waals surface area contributed by atoms with E-state index in [9.17, 15) is 14.4 Å². The molecule has 0 aromatic heterocycles. The summed E-state index contributed by atoms with van der Waals surface area (Å²) in [6, 6.07) is 0. The molecule has 0 aliphatic heterocycles. The summed E-state index contributed by atoms with van der Waals surface area (Å²) >= 11 is 0. The monoisotopic (exact) mass is 843 g/mol. The van der Waals surface area contributed by atoms with E-state index in [1.165, 1.54) is 148 Å². The highest BCUT2D eigenvalue weighted by Crippen LogP contribution is 2.14. The van der Waals surface area contributed by atoms with Crippen LogP contribution in [0.15, 0.2) is 36.5 Å². The lowest BCUT2D eigenvalue weighted by Crippen LogP contribution is -2.30. The molecule has 0 spiro atoms. The van der Waals surface area contributed by atoms with Crippen LogP contribution >= 0.6 is 0 Å². The van der Waals surface area contributed by atoms with E-state index in [1.54, 1.807) is 0 Å². The lowest BCUT2D eigenvalue weighted by molar-refractivity contribution is -0.167. The van der Waals surface area contributed by atoms with Gasteiger partial charge >= 0.3 is 17.9 Å². The van der Waals surface area contributed by atoms with Gasteiger partial charge in [-0.3, -0.25) is 14.4 Å². The van der Waals surface area contributed by atoms with Crippen LogP contribution in [0.4, 0.5) is 0 Å². The van der Waals surface area contributed by atoms with Gasteiger partial charge in [0.2, 0.25) is 0 Å². The Morgan fingerprint density at radius 1 is 0.317 bits per heavy atom. The van der Waals surface area contributed by atoms with Crippen molar-refractivity contribution in [3.8, 4) is 0 Å². The number of esters is 3. The van der Waals surface area contributed by atoms with Crippen LogP contribution in [-0.2, 0) is 28.6 Å². The molecular weight excluding hydrogens is 745 g/mol. The first-order chi connectivity index (χ1) is 29.5. The molecule has 0 amide bonds. The molecule has 0 aliphatic carbocycles. The predicted molar refractivity (Wildman–Crippen MR) is 256 cm³/mol. The van der Waals surface area contributed by atoms with Crippen LogP contribution in [0.3, 0.4) is 0 Å². The van der Waals surface area contributed by atoms with E-state index in [0.29, 0.717) is 19.3 Å². The van der Waals surface area contributed by atoms with Crippen LogP contribution in [-0.4, -0.2) is 37.2 Å². The van der Waals surface area contributed by atoms with Crippen molar-refractivity contribution in [3.63, 3.8) is 0 Å². The first-order valence-electron chi connectivity index (χ1n) is 26.0. The maximum Gasteiger partial charge on any atom is 0.306 e. The second-order valence-electron chi connectivity index (χ2n) is 17.4. The smallest absolute Gasteiger partial charge is 0.306 e. The number of carbonyl (C=O) groups excluding carboxylic acids is 3. The summed E-state index contributed by atoms with van der Waals surface area (Å²) in [6.07, 6.45) is 57.0. The van der Waals surface area contributed by atoms with Crippen molar-refractivity contribution in [3.05, 3.63) is 36.5 Å². The van der Waals surface area contributed by atoms with Crippen LogP contribution < -0.4 is 0 Å². The minimum absolute atomic E-state index is 0.0838. The van der Waals surface area contributed by atoms with E-state index < -0.39 is 6.10 Å². The Balaban J connectivity index is 4.35. The largest absolute Gasteiger partial charge is 0.462 e. The maximum atomic E-state index is 12.8. The average Bonchev–Trinajstić information content (AvgIpc) is 3.24. The van der Waals surface area contributed by atoms with E-state index >= 15 is 0 Å². The Hall–Kier alpha value is -2.37. The van der Waals surface area contributed by atoms with E-state index in [1.807, 2.05) is 0 Å². The zero-order chi connectivity index (χ0) is 43.7. The van der Waals surface area contributed by atoms with Gasteiger partial charge in [0.05, 0.1) is 0 Å². The van der Waals surface area contributed by atoms with Gasteiger partial charge in [0.25, 0.3) is 0 Å². The Morgan fingerprint density at radius 2 is 0.567 bits per heavy atom. The van der Waals surface area contributed by atoms with Crippen molar-refractivity contribution in [1.29, 1.82) is 0 Å². The summed E-state index contributed by atoms with van der Waals surface area (Å²) in [6.45, 7) is 6.58. The summed E-state index contributed by atoms with van der Waals surface area (Å²) in [7, 11) is 0. The molecule has 60 heavy (non-hydrogen) atoms. The second kappa shape index (κ2) is 49.3. The fourth-order valence-electron chi connectivity index (χ4n) is 7.35. The highest BCUT2D eigenvalue weighted by molar-refractivity contribution is 5.71. The molecule has 0 bridgehead atoms. The van der Waals surface area contributed by atoms with Gasteiger partial charge in [0, 0.05) is 19.3 Å². The Kier molecular flexibility index (Phi) is 47.3. The number of rotatable bonds is 47. The SMILES string of the molecule is CCCC/C=C\CCCCCCCC(=O)OCC(COC(=O)CCCCCCC/C=C\CCCCCCCCCCC)OC(=O)CCCCC/C=C\CCCCCCCC. The number of hydrogen-bond acceptors (Lipinski definition) is 6. The first-order valence-corrected chi connectivity index (χ1v) is 26.0. The lowest BCUT2D eigenvalue weighted by atomic mass is 10.1. The minimum atomic E-state index is -0.783. The molecule has 0 fully saturated rings. The van der Waals surface area contributed by atoms with Gasteiger partial charge in [-0.2, -0.15) is 0 Å². The number of carbonyl (C=O) groups is 3. The molecule has 350 valence electrons. The average molecular weight is 843 g/mol. The van der Waals surface area contributed by atoms with Crippen molar-refractivity contribution in [2.24, 2.45) is 0 Å². The van der Waals surface area contributed by atoms with Crippen molar-refractivity contribution < 1.29 is 28.6 Å². The predicted octanol–water partition coefficient (Wildman–Crippen LogP) is 16.9.